The molecule has 1 atom stereocenters. The Kier molecular flexibility index (Phi) is 6.47. The molecule has 1 unspecified atom stereocenters. The fraction of sp³-hybridized carbons (Fsp3) is 0.429. The van der Waals surface area contributed by atoms with E-state index in [2.05, 4.69) is 10.2 Å². The predicted octanol–water partition coefficient (Wildman–Crippen LogP) is 3.51. The van der Waals surface area contributed by atoms with Crippen LogP contribution in [-0.2, 0) is 4.74 Å². The number of benzene rings is 1. The third-order valence-corrected chi connectivity index (χ3v) is 6.28. The summed E-state index contributed by atoms with van der Waals surface area (Å²) in [5, 5.41) is 2.68. The maximum Gasteiger partial charge on any atom is 0.414 e. The zero-order chi connectivity index (χ0) is 20.9. The first-order valence-electron chi connectivity index (χ1n) is 10.0. The van der Waals surface area contributed by atoms with Gasteiger partial charge in [0, 0.05) is 13.1 Å². The van der Waals surface area contributed by atoms with Crippen LogP contribution in [-0.4, -0.2) is 55.8 Å². The lowest BCUT2D eigenvalue weighted by Gasteiger charge is -2.27. The van der Waals surface area contributed by atoms with Gasteiger partial charge in [0.25, 0.3) is 5.91 Å². The lowest BCUT2D eigenvalue weighted by Crippen LogP contribution is -2.34. The number of halogens is 1. The monoisotopic (exact) mass is 433 g/mol. The number of carbonyl (C=O) groups excluding carboxylic acids is 2. The molecule has 0 spiro atoms. The molecule has 1 aromatic heterocycles. The highest BCUT2D eigenvalue weighted by molar-refractivity contribution is 7.99. The van der Waals surface area contributed by atoms with Crippen molar-refractivity contribution in [3.63, 3.8) is 0 Å². The Labute approximate surface area is 178 Å². The highest BCUT2D eigenvalue weighted by Crippen LogP contribution is 2.29. The Morgan fingerprint density at radius 2 is 2.03 bits per heavy atom. The predicted molar refractivity (Wildman–Crippen MR) is 114 cm³/mol. The van der Waals surface area contributed by atoms with Crippen molar-refractivity contribution in [3.8, 4) is 0 Å². The minimum absolute atomic E-state index is 0.147. The zero-order valence-electron chi connectivity index (χ0n) is 16.5. The van der Waals surface area contributed by atoms with Crippen LogP contribution in [0.3, 0.4) is 0 Å². The SMILES string of the molecule is O=C(NCC1CN(c2ccc(N3CCCSCCC3)c(F)c2)C(=O)O1)c1ccco1. The molecule has 0 radical (unpaired) electrons. The molecule has 160 valence electrons. The molecule has 1 aromatic carbocycles. The summed E-state index contributed by atoms with van der Waals surface area (Å²) in [6, 6.07) is 8.04. The third-order valence-electron chi connectivity index (χ3n) is 5.13. The van der Waals surface area contributed by atoms with E-state index in [0.29, 0.717) is 11.4 Å². The Bertz CT molecular complexity index is 884. The van der Waals surface area contributed by atoms with Crippen LogP contribution in [0.4, 0.5) is 20.6 Å². The highest BCUT2D eigenvalue weighted by atomic mass is 32.2. The molecule has 4 rings (SSSR count). The molecule has 3 heterocycles. The van der Waals surface area contributed by atoms with Crippen molar-refractivity contribution in [2.45, 2.75) is 18.9 Å². The van der Waals surface area contributed by atoms with E-state index in [9.17, 15) is 14.0 Å². The molecule has 2 amide bonds. The number of hydrogen-bond donors (Lipinski definition) is 1. The molecule has 2 aliphatic rings. The van der Waals surface area contributed by atoms with Gasteiger partial charge in [0.05, 0.1) is 30.7 Å². The quantitative estimate of drug-likeness (QED) is 0.778. The van der Waals surface area contributed by atoms with Crippen LogP contribution in [0, 0.1) is 5.82 Å². The van der Waals surface area contributed by atoms with Crippen molar-refractivity contribution >= 4 is 35.1 Å². The van der Waals surface area contributed by atoms with Crippen molar-refractivity contribution in [2.24, 2.45) is 0 Å². The van der Waals surface area contributed by atoms with E-state index in [0.717, 1.165) is 37.4 Å². The summed E-state index contributed by atoms with van der Waals surface area (Å²) in [7, 11) is 0. The minimum Gasteiger partial charge on any atom is -0.459 e. The Balaban J connectivity index is 1.38. The normalized spacial score (nSPS) is 19.9. The smallest absolute Gasteiger partial charge is 0.414 e. The highest BCUT2D eigenvalue weighted by Gasteiger charge is 2.33. The second kappa shape index (κ2) is 9.42. The first kappa shape index (κ1) is 20.6. The van der Waals surface area contributed by atoms with Crippen LogP contribution in [0.25, 0.3) is 0 Å². The molecule has 0 aliphatic carbocycles. The third kappa shape index (κ3) is 4.72. The molecule has 30 heavy (non-hydrogen) atoms. The van der Waals surface area contributed by atoms with E-state index in [1.165, 1.54) is 17.2 Å². The summed E-state index contributed by atoms with van der Waals surface area (Å²) in [5.74, 6) is 1.65. The summed E-state index contributed by atoms with van der Waals surface area (Å²) in [6.07, 6.45) is 2.39. The fourth-order valence-corrected chi connectivity index (χ4v) is 4.50. The van der Waals surface area contributed by atoms with Gasteiger partial charge in [-0.1, -0.05) is 0 Å². The first-order chi connectivity index (χ1) is 14.6. The van der Waals surface area contributed by atoms with E-state index in [1.54, 1.807) is 24.3 Å². The summed E-state index contributed by atoms with van der Waals surface area (Å²) in [5.41, 5.74) is 1.02. The molecule has 2 saturated heterocycles. The fourth-order valence-electron chi connectivity index (χ4n) is 3.63. The van der Waals surface area contributed by atoms with Crippen LogP contribution in [0.2, 0.25) is 0 Å². The van der Waals surface area contributed by atoms with Crippen LogP contribution >= 0.6 is 11.8 Å². The first-order valence-corrected chi connectivity index (χ1v) is 11.2. The van der Waals surface area contributed by atoms with Crippen LogP contribution < -0.4 is 15.1 Å². The Morgan fingerprint density at radius 1 is 1.23 bits per heavy atom. The Morgan fingerprint density at radius 3 is 2.73 bits per heavy atom. The molecular weight excluding hydrogens is 409 g/mol. The molecule has 2 fully saturated rings. The number of rotatable bonds is 5. The largest absolute Gasteiger partial charge is 0.459 e. The van der Waals surface area contributed by atoms with Gasteiger partial charge in [-0.25, -0.2) is 9.18 Å². The van der Waals surface area contributed by atoms with Crippen molar-refractivity contribution in [2.75, 3.05) is 47.5 Å². The van der Waals surface area contributed by atoms with Crippen molar-refractivity contribution in [3.05, 3.63) is 48.2 Å². The van der Waals surface area contributed by atoms with Gasteiger partial charge in [0.1, 0.15) is 11.9 Å². The van der Waals surface area contributed by atoms with Gasteiger partial charge in [-0.15, -0.1) is 0 Å². The average Bonchev–Trinajstić information content (AvgIpc) is 3.36. The average molecular weight is 434 g/mol. The molecule has 0 saturated carbocycles. The molecule has 0 bridgehead atoms. The van der Waals surface area contributed by atoms with Gasteiger partial charge in [-0.05, 0) is 54.7 Å². The van der Waals surface area contributed by atoms with E-state index in [4.69, 9.17) is 9.15 Å². The summed E-state index contributed by atoms with van der Waals surface area (Å²) >= 11 is 1.95. The van der Waals surface area contributed by atoms with Crippen molar-refractivity contribution in [1.29, 1.82) is 0 Å². The number of ether oxygens (including phenoxy) is 1. The maximum absolute atomic E-state index is 14.9. The molecule has 9 heteroatoms. The number of furan rings is 1. The van der Waals surface area contributed by atoms with Crippen molar-refractivity contribution < 1.29 is 23.1 Å². The van der Waals surface area contributed by atoms with E-state index < -0.39 is 12.2 Å². The number of hydrogen-bond acceptors (Lipinski definition) is 6. The summed E-state index contributed by atoms with van der Waals surface area (Å²) in [6.45, 7) is 2.03. The van der Waals surface area contributed by atoms with E-state index in [-0.39, 0.29) is 30.6 Å². The van der Waals surface area contributed by atoms with Gasteiger partial charge in [-0.2, -0.15) is 11.8 Å². The van der Waals surface area contributed by atoms with Gasteiger partial charge >= 0.3 is 6.09 Å². The maximum atomic E-state index is 14.9. The molecular formula is C21H24FN3O4S. The minimum atomic E-state index is -0.553. The molecule has 2 aliphatic heterocycles. The van der Waals surface area contributed by atoms with Crippen LogP contribution in [0.5, 0.6) is 0 Å². The summed E-state index contributed by atoms with van der Waals surface area (Å²) < 4.78 is 25.2. The lowest BCUT2D eigenvalue weighted by atomic mass is 10.2. The van der Waals surface area contributed by atoms with Gasteiger partial charge in [-0.3, -0.25) is 9.69 Å². The van der Waals surface area contributed by atoms with Crippen LogP contribution in [0.1, 0.15) is 23.4 Å². The number of cyclic esters (lactones) is 1. The number of anilines is 2. The van der Waals surface area contributed by atoms with Crippen LogP contribution in [0.15, 0.2) is 41.0 Å². The Hall–Kier alpha value is -2.68. The molecule has 7 nitrogen and oxygen atoms in total. The van der Waals surface area contributed by atoms with E-state index >= 15 is 0 Å². The zero-order valence-corrected chi connectivity index (χ0v) is 17.3. The summed E-state index contributed by atoms with van der Waals surface area (Å²) in [4.78, 5) is 27.7. The topological polar surface area (TPSA) is 75.0 Å². The standard InChI is InChI=1S/C21H24FN3O4S/c22-17-12-15(5-6-18(17)24-7-2-10-30-11-3-8-24)25-14-16(29-21(25)27)13-23-20(26)19-4-1-9-28-19/h1,4-6,9,12,16H,2-3,7-8,10-11,13-14H2,(H,23,26). The lowest BCUT2D eigenvalue weighted by molar-refractivity contribution is 0.0889. The number of nitrogens with zero attached hydrogens (tertiary/aromatic N) is 2. The number of amides is 2. The second-order valence-corrected chi connectivity index (χ2v) is 8.47. The second-order valence-electron chi connectivity index (χ2n) is 7.25. The number of carbonyl (C=O) groups is 2. The molecule has 1 N–H and O–H groups in total. The van der Waals surface area contributed by atoms with Crippen molar-refractivity contribution in [1.82, 2.24) is 5.32 Å². The molecule has 2 aromatic rings. The van der Waals surface area contributed by atoms with E-state index in [1.807, 2.05) is 11.8 Å². The van der Waals surface area contributed by atoms with Gasteiger partial charge < -0.3 is 19.4 Å². The number of nitrogens with one attached hydrogen (secondary N) is 1. The van der Waals surface area contributed by atoms with Gasteiger partial charge in [0.2, 0.25) is 0 Å². The number of thioether (sulfide) groups is 1. The van der Waals surface area contributed by atoms with Gasteiger partial charge in [0.15, 0.2) is 5.76 Å².